The van der Waals surface area contributed by atoms with E-state index in [4.69, 9.17) is 16.6 Å². The molecular weight excluding hydrogens is 273 g/mol. The predicted octanol–water partition coefficient (Wildman–Crippen LogP) is 3.09. The molecule has 1 aromatic carbocycles. The van der Waals surface area contributed by atoms with E-state index >= 15 is 0 Å². The third kappa shape index (κ3) is 1.32. The van der Waals surface area contributed by atoms with Crippen LogP contribution in [-0.2, 0) is 0 Å². The zero-order valence-corrected chi connectivity index (χ0v) is 8.40. The minimum absolute atomic E-state index is 0.432. The lowest BCUT2D eigenvalue weighted by Gasteiger charge is -1.86. The van der Waals surface area contributed by atoms with Gasteiger partial charge in [-0.05, 0) is 53.0 Å². The second-order valence-electron chi connectivity index (χ2n) is 2.16. The maximum Gasteiger partial charge on any atom is 0.266 e. The van der Waals surface area contributed by atoms with Gasteiger partial charge in [0.25, 0.3) is 4.84 Å². The van der Waals surface area contributed by atoms with Gasteiger partial charge in [-0.3, -0.25) is 0 Å². The number of hydrogen-bond donors (Lipinski definition) is 1. The Hall–Kier alpha value is -0.360. The largest absolute Gasteiger partial charge is 0.429 e. The van der Waals surface area contributed by atoms with Gasteiger partial charge in [0.1, 0.15) is 0 Å². The zero-order chi connectivity index (χ0) is 7.84. The summed E-state index contributed by atoms with van der Waals surface area (Å²) in [5.74, 6) is 0. The molecule has 0 radical (unpaired) electrons. The lowest BCUT2D eigenvalue weighted by Crippen LogP contribution is -1.69. The van der Waals surface area contributed by atoms with Gasteiger partial charge in [0.05, 0.1) is 5.52 Å². The van der Waals surface area contributed by atoms with E-state index in [9.17, 15) is 0 Å². The Morgan fingerprint density at radius 3 is 3.09 bits per heavy atom. The fourth-order valence-electron chi connectivity index (χ4n) is 0.924. The van der Waals surface area contributed by atoms with Gasteiger partial charge in [0.2, 0.25) is 0 Å². The van der Waals surface area contributed by atoms with Crippen LogP contribution in [0.2, 0.25) is 0 Å². The van der Waals surface area contributed by atoms with Crippen LogP contribution >= 0.6 is 34.8 Å². The molecule has 0 saturated heterocycles. The van der Waals surface area contributed by atoms with E-state index < -0.39 is 0 Å². The van der Waals surface area contributed by atoms with Crippen LogP contribution in [0, 0.1) is 8.41 Å². The van der Waals surface area contributed by atoms with Crippen molar-refractivity contribution in [1.82, 2.24) is 4.98 Å². The summed E-state index contributed by atoms with van der Waals surface area (Å²) < 4.78 is 6.35. The third-order valence-electron chi connectivity index (χ3n) is 1.38. The number of aromatic nitrogens is 1. The van der Waals surface area contributed by atoms with Crippen molar-refractivity contribution in [3.05, 3.63) is 26.6 Å². The van der Waals surface area contributed by atoms with Crippen molar-refractivity contribution in [2.45, 2.75) is 0 Å². The number of H-pyrrole nitrogens is 1. The number of halogens is 1. The van der Waals surface area contributed by atoms with E-state index in [0.29, 0.717) is 4.84 Å². The first-order valence-corrected chi connectivity index (χ1v) is 4.53. The Bertz CT molecular complexity index is 445. The van der Waals surface area contributed by atoms with Crippen molar-refractivity contribution < 1.29 is 4.42 Å². The van der Waals surface area contributed by atoms with Crippen LogP contribution in [0.1, 0.15) is 0 Å². The first-order chi connectivity index (χ1) is 5.25. The normalized spacial score (nSPS) is 10.6. The average Bonchev–Trinajstić information content (AvgIpc) is 2.27. The summed E-state index contributed by atoms with van der Waals surface area (Å²) in [4.78, 5) is 3.38. The topological polar surface area (TPSA) is 28.9 Å². The minimum atomic E-state index is 0.432. The summed E-state index contributed by atoms with van der Waals surface area (Å²) in [6, 6.07) is 5.88. The van der Waals surface area contributed by atoms with Crippen LogP contribution in [-0.4, -0.2) is 4.98 Å². The summed E-state index contributed by atoms with van der Waals surface area (Å²) >= 11 is 7.07. The van der Waals surface area contributed by atoms with Crippen LogP contribution in [0.4, 0.5) is 0 Å². The van der Waals surface area contributed by atoms with Gasteiger partial charge >= 0.3 is 0 Å². The Kier molecular flexibility index (Phi) is 1.72. The van der Waals surface area contributed by atoms with Gasteiger partial charge in [-0.25, -0.2) is 0 Å². The highest BCUT2D eigenvalue weighted by molar-refractivity contribution is 14.1. The minimum Gasteiger partial charge on any atom is -0.429 e. The molecule has 0 amide bonds. The molecule has 0 fully saturated rings. The SMILES string of the molecule is S=c1[nH]c2cc(I)ccc2o1. The molecular formula is C7H4INOS. The Morgan fingerprint density at radius 1 is 1.45 bits per heavy atom. The molecule has 11 heavy (non-hydrogen) atoms. The molecule has 2 aromatic rings. The molecule has 0 aliphatic rings. The monoisotopic (exact) mass is 277 g/mol. The molecule has 0 spiro atoms. The molecule has 0 aliphatic heterocycles. The van der Waals surface area contributed by atoms with Crippen molar-refractivity contribution in [1.29, 1.82) is 0 Å². The summed E-state index contributed by atoms with van der Waals surface area (Å²) in [7, 11) is 0. The Balaban J connectivity index is 2.92. The van der Waals surface area contributed by atoms with E-state index in [-0.39, 0.29) is 0 Å². The molecule has 0 saturated carbocycles. The van der Waals surface area contributed by atoms with Gasteiger partial charge in [0, 0.05) is 3.57 Å². The van der Waals surface area contributed by atoms with E-state index in [0.717, 1.165) is 11.1 Å². The zero-order valence-electron chi connectivity index (χ0n) is 5.43. The summed E-state index contributed by atoms with van der Waals surface area (Å²) in [5, 5.41) is 0. The molecule has 0 bridgehead atoms. The first kappa shape index (κ1) is 7.30. The standard InChI is InChI=1S/C7H4INOS/c8-4-1-2-6-5(3-4)9-7(11)10-6/h1-3H,(H,9,11). The maximum absolute atomic E-state index is 5.18. The van der Waals surface area contributed by atoms with Crippen molar-refractivity contribution >= 4 is 45.9 Å². The first-order valence-electron chi connectivity index (χ1n) is 3.04. The summed E-state index contributed by atoms with van der Waals surface area (Å²) in [6.45, 7) is 0. The molecule has 2 rings (SSSR count). The second-order valence-corrected chi connectivity index (χ2v) is 3.77. The van der Waals surface area contributed by atoms with Crippen LogP contribution < -0.4 is 0 Å². The maximum atomic E-state index is 5.18. The van der Waals surface area contributed by atoms with Crippen LogP contribution in [0.5, 0.6) is 0 Å². The molecule has 0 atom stereocenters. The number of rotatable bonds is 0. The highest BCUT2D eigenvalue weighted by Gasteiger charge is 1.97. The van der Waals surface area contributed by atoms with Crippen molar-refractivity contribution in [2.75, 3.05) is 0 Å². The smallest absolute Gasteiger partial charge is 0.266 e. The third-order valence-corrected chi connectivity index (χ3v) is 2.24. The molecule has 56 valence electrons. The Morgan fingerprint density at radius 2 is 2.27 bits per heavy atom. The summed E-state index contributed by atoms with van der Waals surface area (Å²) in [5.41, 5.74) is 1.78. The number of aromatic amines is 1. The number of nitrogens with one attached hydrogen (secondary N) is 1. The van der Waals surface area contributed by atoms with Crippen LogP contribution in [0.25, 0.3) is 11.1 Å². The molecule has 1 aromatic heterocycles. The number of hydrogen-bond acceptors (Lipinski definition) is 2. The van der Waals surface area contributed by atoms with Gasteiger partial charge in [0.15, 0.2) is 5.58 Å². The highest BCUT2D eigenvalue weighted by atomic mass is 127. The lowest BCUT2D eigenvalue weighted by molar-refractivity contribution is 0.583. The molecule has 1 heterocycles. The fraction of sp³-hybridized carbons (Fsp3) is 0. The second kappa shape index (κ2) is 2.60. The molecule has 2 nitrogen and oxygen atoms in total. The number of oxazole rings is 1. The van der Waals surface area contributed by atoms with E-state index in [1.165, 1.54) is 3.57 Å². The lowest BCUT2D eigenvalue weighted by atomic mass is 10.3. The Labute approximate surface area is 81.7 Å². The highest BCUT2D eigenvalue weighted by Crippen LogP contribution is 2.15. The van der Waals surface area contributed by atoms with E-state index in [2.05, 4.69) is 27.6 Å². The van der Waals surface area contributed by atoms with Gasteiger partial charge in [-0.1, -0.05) is 0 Å². The fourth-order valence-corrected chi connectivity index (χ4v) is 1.62. The van der Waals surface area contributed by atoms with E-state index in [1.807, 2.05) is 18.2 Å². The van der Waals surface area contributed by atoms with Crippen LogP contribution in [0.15, 0.2) is 22.6 Å². The average molecular weight is 277 g/mol. The van der Waals surface area contributed by atoms with Crippen LogP contribution in [0.3, 0.4) is 0 Å². The molecule has 0 aliphatic carbocycles. The number of fused-ring (bicyclic) bond motifs is 1. The van der Waals surface area contributed by atoms with Crippen molar-refractivity contribution in [3.63, 3.8) is 0 Å². The molecule has 1 N–H and O–H groups in total. The molecule has 4 heteroatoms. The van der Waals surface area contributed by atoms with Crippen molar-refractivity contribution in [3.8, 4) is 0 Å². The van der Waals surface area contributed by atoms with E-state index in [1.54, 1.807) is 0 Å². The molecule has 0 unspecified atom stereocenters. The summed E-state index contributed by atoms with van der Waals surface area (Å²) in [6.07, 6.45) is 0. The van der Waals surface area contributed by atoms with Crippen molar-refractivity contribution in [2.24, 2.45) is 0 Å². The predicted molar refractivity (Wildman–Crippen MR) is 54.1 cm³/mol. The quantitative estimate of drug-likeness (QED) is 0.592. The van der Waals surface area contributed by atoms with Gasteiger partial charge in [-0.15, -0.1) is 0 Å². The van der Waals surface area contributed by atoms with Gasteiger partial charge in [-0.2, -0.15) is 0 Å². The number of benzene rings is 1. The van der Waals surface area contributed by atoms with Gasteiger partial charge < -0.3 is 9.40 Å².